The summed E-state index contributed by atoms with van der Waals surface area (Å²) >= 11 is 0. The Bertz CT molecular complexity index is 743. The van der Waals surface area contributed by atoms with E-state index in [9.17, 15) is 5.11 Å². The highest BCUT2D eigenvalue weighted by Crippen LogP contribution is 2.23. The molecule has 0 saturated carbocycles. The molecule has 0 spiro atoms. The fourth-order valence-corrected chi connectivity index (χ4v) is 2.27. The van der Waals surface area contributed by atoms with Crippen LogP contribution in [-0.4, -0.2) is 42.9 Å². The van der Waals surface area contributed by atoms with Gasteiger partial charge in [-0.2, -0.15) is 5.10 Å². The van der Waals surface area contributed by atoms with Crippen molar-refractivity contribution in [1.82, 2.24) is 25.1 Å². The summed E-state index contributed by atoms with van der Waals surface area (Å²) in [5.74, 6) is 1.26. The van der Waals surface area contributed by atoms with Crippen LogP contribution in [0.4, 0.5) is 5.82 Å². The van der Waals surface area contributed by atoms with Gasteiger partial charge in [0.1, 0.15) is 5.82 Å². The average molecular weight is 298 g/mol. The van der Waals surface area contributed by atoms with Crippen molar-refractivity contribution in [3.63, 3.8) is 0 Å². The van der Waals surface area contributed by atoms with E-state index >= 15 is 0 Å². The summed E-state index contributed by atoms with van der Waals surface area (Å²) in [6, 6.07) is 1.86. The van der Waals surface area contributed by atoms with Crippen LogP contribution in [0.1, 0.15) is 19.8 Å². The van der Waals surface area contributed by atoms with E-state index in [1.807, 2.05) is 13.0 Å². The number of hydrogen-bond donors (Lipinski definition) is 3. The number of nitrogens with one attached hydrogen (secondary N) is 2. The van der Waals surface area contributed by atoms with Gasteiger partial charge in [0.2, 0.25) is 0 Å². The van der Waals surface area contributed by atoms with Crippen LogP contribution in [0.25, 0.3) is 22.3 Å². The summed E-state index contributed by atoms with van der Waals surface area (Å²) in [7, 11) is 0. The first kappa shape index (κ1) is 14.4. The van der Waals surface area contributed by atoms with Crippen molar-refractivity contribution >= 4 is 16.7 Å². The molecule has 7 heteroatoms. The molecular formula is C15H18N6O. The second-order valence-corrected chi connectivity index (χ2v) is 5.10. The topological polar surface area (TPSA) is 99.6 Å². The van der Waals surface area contributed by atoms with Gasteiger partial charge in [-0.3, -0.25) is 10.1 Å². The van der Waals surface area contributed by atoms with Gasteiger partial charge in [-0.15, -0.1) is 0 Å². The van der Waals surface area contributed by atoms with E-state index in [0.29, 0.717) is 18.2 Å². The molecule has 22 heavy (non-hydrogen) atoms. The Morgan fingerprint density at radius 1 is 1.32 bits per heavy atom. The molecule has 3 aromatic rings. The fraction of sp³-hybridized carbons (Fsp3) is 0.333. The van der Waals surface area contributed by atoms with Crippen LogP contribution in [0, 0.1) is 0 Å². The van der Waals surface area contributed by atoms with Crippen molar-refractivity contribution in [2.45, 2.75) is 25.9 Å². The molecule has 1 atom stereocenters. The Morgan fingerprint density at radius 2 is 2.23 bits per heavy atom. The van der Waals surface area contributed by atoms with Crippen LogP contribution in [0.2, 0.25) is 0 Å². The summed E-state index contributed by atoms with van der Waals surface area (Å²) in [5.41, 5.74) is 1.56. The van der Waals surface area contributed by atoms with E-state index in [1.165, 1.54) is 0 Å². The van der Waals surface area contributed by atoms with Crippen LogP contribution in [0.15, 0.2) is 30.9 Å². The van der Waals surface area contributed by atoms with E-state index in [4.69, 9.17) is 0 Å². The molecule has 0 aliphatic rings. The summed E-state index contributed by atoms with van der Waals surface area (Å²) < 4.78 is 0. The molecule has 0 saturated heterocycles. The Morgan fingerprint density at radius 3 is 3.00 bits per heavy atom. The molecule has 3 N–H and O–H groups in total. The monoisotopic (exact) mass is 298 g/mol. The molecule has 0 fully saturated rings. The zero-order valence-electron chi connectivity index (χ0n) is 12.3. The second kappa shape index (κ2) is 6.48. The average Bonchev–Trinajstić information content (AvgIpc) is 3.07. The third-order valence-electron chi connectivity index (χ3n) is 3.38. The van der Waals surface area contributed by atoms with E-state index in [1.54, 1.807) is 24.8 Å². The van der Waals surface area contributed by atoms with E-state index in [0.717, 1.165) is 29.3 Å². The van der Waals surface area contributed by atoms with Gasteiger partial charge in [-0.25, -0.2) is 9.97 Å². The predicted molar refractivity (Wildman–Crippen MR) is 84.3 cm³/mol. The molecule has 3 aromatic heterocycles. The Hall–Kier alpha value is -2.54. The minimum absolute atomic E-state index is 0.394. The minimum Gasteiger partial charge on any atom is -0.391 e. The second-order valence-electron chi connectivity index (χ2n) is 5.10. The first-order valence-electron chi connectivity index (χ1n) is 7.30. The molecule has 0 bridgehead atoms. The Kier molecular flexibility index (Phi) is 4.24. The predicted octanol–water partition coefficient (Wildman–Crippen LogP) is 1.99. The maximum atomic E-state index is 9.90. The fourth-order valence-electron chi connectivity index (χ4n) is 2.27. The Balaban J connectivity index is 1.96. The van der Waals surface area contributed by atoms with Gasteiger partial charge in [0.15, 0.2) is 5.82 Å². The zero-order valence-corrected chi connectivity index (χ0v) is 12.3. The van der Waals surface area contributed by atoms with Crippen molar-refractivity contribution in [3.8, 4) is 11.4 Å². The third-order valence-corrected chi connectivity index (χ3v) is 3.38. The SMILES string of the molecule is CCCC(O)CNc1nc(-c2cn[nH]c2)nc2cnccc12. The van der Waals surface area contributed by atoms with Crippen LogP contribution >= 0.6 is 0 Å². The first-order chi connectivity index (χ1) is 10.8. The standard InChI is InChI=1S/C15H18N6O/c1-2-3-11(22)8-17-15-12-4-5-16-9-13(12)20-14(21-15)10-6-18-19-7-10/h4-7,9,11,22H,2-3,8H2,1H3,(H,18,19)(H,17,20,21). The van der Waals surface area contributed by atoms with E-state index < -0.39 is 6.10 Å². The number of H-pyrrole nitrogens is 1. The molecule has 0 radical (unpaired) electrons. The maximum Gasteiger partial charge on any atom is 0.165 e. The summed E-state index contributed by atoms with van der Waals surface area (Å²) in [6.45, 7) is 2.50. The molecule has 114 valence electrons. The lowest BCUT2D eigenvalue weighted by Gasteiger charge is -2.13. The van der Waals surface area contributed by atoms with Gasteiger partial charge in [0, 0.05) is 24.3 Å². The normalized spacial score (nSPS) is 12.5. The van der Waals surface area contributed by atoms with E-state index in [-0.39, 0.29) is 0 Å². The minimum atomic E-state index is -0.394. The van der Waals surface area contributed by atoms with Crippen molar-refractivity contribution < 1.29 is 5.11 Å². The molecule has 7 nitrogen and oxygen atoms in total. The van der Waals surface area contributed by atoms with Crippen LogP contribution < -0.4 is 5.32 Å². The van der Waals surface area contributed by atoms with Gasteiger partial charge in [-0.1, -0.05) is 13.3 Å². The number of aromatic nitrogens is 5. The largest absolute Gasteiger partial charge is 0.391 e. The van der Waals surface area contributed by atoms with Crippen molar-refractivity contribution in [1.29, 1.82) is 0 Å². The van der Waals surface area contributed by atoms with Crippen molar-refractivity contribution in [2.24, 2.45) is 0 Å². The molecule has 0 amide bonds. The van der Waals surface area contributed by atoms with Gasteiger partial charge < -0.3 is 10.4 Å². The smallest absolute Gasteiger partial charge is 0.165 e. The zero-order chi connectivity index (χ0) is 15.4. The molecule has 3 heterocycles. The highest BCUT2D eigenvalue weighted by atomic mass is 16.3. The number of aromatic amines is 1. The lowest BCUT2D eigenvalue weighted by Crippen LogP contribution is -2.20. The van der Waals surface area contributed by atoms with Crippen LogP contribution in [0.3, 0.4) is 0 Å². The number of aliphatic hydroxyl groups is 1. The maximum absolute atomic E-state index is 9.90. The lowest BCUT2D eigenvalue weighted by molar-refractivity contribution is 0.176. The molecule has 3 rings (SSSR count). The first-order valence-corrected chi connectivity index (χ1v) is 7.30. The molecular weight excluding hydrogens is 280 g/mol. The van der Waals surface area contributed by atoms with Gasteiger partial charge in [-0.05, 0) is 12.5 Å². The molecule has 0 aromatic carbocycles. The summed E-state index contributed by atoms with van der Waals surface area (Å²) in [5, 5.41) is 20.7. The number of rotatable bonds is 6. The van der Waals surface area contributed by atoms with Gasteiger partial charge in [0.05, 0.1) is 29.6 Å². The number of aliphatic hydroxyl groups excluding tert-OH is 1. The number of pyridine rings is 1. The van der Waals surface area contributed by atoms with E-state index in [2.05, 4.69) is 30.5 Å². The third kappa shape index (κ3) is 3.04. The van der Waals surface area contributed by atoms with Crippen LogP contribution in [0.5, 0.6) is 0 Å². The van der Waals surface area contributed by atoms with Gasteiger partial charge in [0.25, 0.3) is 0 Å². The molecule has 0 aliphatic carbocycles. The number of anilines is 1. The Labute approximate surface area is 127 Å². The highest BCUT2D eigenvalue weighted by molar-refractivity contribution is 5.89. The lowest BCUT2D eigenvalue weighted by atomic mass is 10.2. The number of nitrogens with zero attached hydrogens (tertiary/aromatic N) is 4. The highest BCUT2D eigenvalue weighted by Gasteiger charge is 2.11. The molecule has 0 aliphatic heterocycles. The van der Waals surface area contributed by atoms with Crippen molar-refractivity contribution in [2.75, 3.05) is 11.9 Å². The quantitative estimate of drug-likeness (QED) is 0.643. The van der Waals surface area contributed by atoms with Crippen LogP contribution in [-0.2, 0) is 0 Å². The summed E-state index contributed by atoms with van der Waals surface area (Å²) in [4.78, 5) is 13.2. The summed E-state index contributed by atoms with van der Waals surface area (Å²) in [6.07, 6.45) is 8.13. The molecule has 1 unspecified atom stereocenters. The van der Waals surface area contributed by atoms with Gasteiger partial charge >= 0.3 is 0 Å². The number of fused-ring (bicyclic) bond motifs is 1. The van der Waals surface area contributed by atoms with Crippen molar-refractivity contribution in [3.05, 3.63) is 30.9 Å². The number of hydrogen-bond acceptors (Lipinski definition) is 6.